The summed E-state index contributed by atoms with van der Waals surface area (Å²) in [6.07, 6.45) is 5.83. The quantitative estimate of drug-likeness (QED) is 0.808. The second-order valence-electron chi connectivity index (χ2n) is 5.74. The Morgan fingerprint density at radius 1 is 1.25 bits per heavy atom. The fraction of sp³-hybridized carbons (Fsp3) is 0.533. The van der Waals surface area contributed by atoms with E-state index in [4.69, 9.17) is 16.0 Å². The van der Waals surface area contributed by atoms with Crippen LogP contribution in [0.5, 0.6) is 0 Å². The van der Waals surface area contributed by atoms with Gasteiger partial charge in [-0.25, -0.2) is 4.98 Å². The standard InChI is InChI=1S/C15H18ClN3O/c16-13-9-11-4-5-17-15(14(11)20-13)19-8-7-18-6-2-1-3-12(18)10-19/h4-5,9,12H,1-3,6-8,10H2/t12-/m0/s1. The van der Waals surface area contributed by atoms with Crippen molar-refractivity contribution in [1.29, 1.82) is 0 Å². The maximum atomic E-state index is 5.98. The van der Waals surface area contributed by atoms with Gasteiger partial charge in [0.05, 0.1) is 0 Å². The molecule has 0 spiro atoms. The summed E-state index contributed by atoms with van der Waals surface area (Å²) < 4.78 is 5.64. The van der Waals surface area contributed by atoms with Gasteiger partial charge in [0, 0.05) is 43.3 Å². The van der Waals surface area contributed by atoms with E-state index in [1.807, 2.05) is 18.3 Å². The minimum Gasteiger partial charge on any atom is -0.441 e. The van der Waals surface area contributed by atoms with Crippen LogP contribution in [0.2, 0.25) is 5.22 Å². The second kappa shape index (κ2) is 4.93. The zero-order valence-corrected chi connectivity index (χ0v) is 12.1. The first-order chi connectivity index (χ1) is 9.81. The Morgan fingerprint density at radius 2 is 2.20 bits per heavy atom. The Balaban J connectivity index is 1.66. The molecule has 2 saturated heterocycles. The van der Waals surface area contributed by atoms with Gasteiger partial charge in [-0.15, -0.1) is 0 Å². The smallest absolute Gasteiger partial charge is 0.194 e. The molecule has 0 saturated carbocycles. The first kappa shape index (κ1) is 12.5. The predicted molar refractivity (Wildman–Crippen MR) is 80.4 cm³/mol. The molecule has 20 heavy (non-hydrogen) atoms. The van der Waals surface area contributed by atoms with Crippen LogP contribution in [-0.2, 0) is 0 Å². The van der Waals surface area contributed by atoms with E-state index >= 15 is 0 Å². The highest BCUT2D eigenvalue weighted by molar-refractivity contribution is 6.29. The van der Waals surface area contributed by atoms with Crippen molar-refractivity contribution in [1.82, 2.24) is 9.88 Å². The average molecular weight is 292 g/mol. The number of anilines is 1. The predicted octanol–water partition coefficient (Wildman–Crippen LogP) is 3.16. The van der Waals surface area contributed by atoms with Crippen LogP contribution >= 0.6 is 11.6 Å². The molecule has 2 fully saturated rings. The van der Waals surface area contributed by atoms with Crippen LogP contribution in [0.15, 0.2) is 22.7 Å². The molecule has 2 aliphatic heterocycles. The summed E-state index contributed by atoms with van der Waals surface area (Å²) in [5, 5.41) is 1.47. The fourth-order valence-corrected chi connectivity index (χ4v) is 3.69. The van der Waals surface area contributed by atoms with Crippen LogP contribution in [-0.4, -0.2) is 42.1 Å². The molecule has 0 N–H and O–H groups in total. The van der Waals surface area contributed by atoms with Crippen LogP contribution in [0.25, 0.3) is 11.0 Å². The third kappa shape index (κ3) is 2.07. The minimum atomic E-state index is 0.436. The minimum absolute atomic E-state index is 0.436. The van der Waals surface area contributed by atoms with Gasteiger partial charge in [-0.3, -0.25) is 4.90 Å². The number of pyridine rings is 1. The molecule has 5 heteroatoms. The second-order valence-corrected chi connectivity index (χ2v) is 6.11. The molecule has 0 bridgehead atoms. The van der Waals surface area contributed by atoms with Gasteiger partial charge >= 0.3 is 0 Å². The van der Waals surface area contributed by atoms with Crippen LogP contribution < -0.4 is 4.90 Å². The molecule has 0 radical (unpaired) electrons. The number of piperidine rings is 1. The lowest BCUT2D eigenvalue weighted by Gasteiger charge is -2.44. The lowest BCUT2D eigenvalue weighted by Crippen LogP contribution is -2.55. The first-order valence-electron chi connectivity index (χ1n) is 7.34. The van der Waals surface area contributed by atoms with E-state index in [9.17, 15) is 0 Å². The van der Waals surface area contributed by atoms with Gasteiger partial charge in [0.1, 0.15) is 0 Å². The van der Waals surface area contributed by atoms with Gasteiger partial charge < -0.3 is 9.32 Å². The molecule has 2 aliphatic rings. The molecule has 4 nitrogen and oxygen atoms in total. The average Bonchev–Trinajstić information content (AvgIpc) is 2.86. The summed E-state index contributed by atoms with van der Waals surface area (Å²) in [5.41, 5.74) is 0.821. The van der Waals surface area contributed by atoms with Crippen molar-refractivity contribution < 1.29 is 4.42 Å². The molecule has 0 aliphatic carbocycles. The van der Waals surface area contributed by atoms with Gasteiger partial charge in [-0.05, 0) is 37.1 Å². The first-order valence-corrected chi connectivity index (χ1v) is 7.72. The highest BCUT2D eigenvalue weighted by atomic mass is 35.5. The summed E-state index contributed by atoms with van der Waals surface area (Å²) in [7, 11) is 0. The van der Waals surface area contributed by atoms with Crippen molar-refractivity contribution in [2.45, 2.75) is 25.3 Å². The number of hydrogen-bond donors (Lipinski definition) is 0. The van der Waals surface area contributed by atoms with Crippen molar-refractivity contribution in [2.75, 3.05) is 31.1 Å². The Bertz CT molecular complexity index is 627. The van der Waals surface area contributed by atoms with Gasteiger partial charge in [-0.1, -0.05) is 6.42 Å². The Hall–Kier alpha value is -1.26. The molecule has 0 unspecified atom stereocenters. The molecule has 1 atom stereocenters. The van der Waals surface area contributed by atoms with Gasteiger partial charge in [0.2, 0.25) is 0 Å². The van der Waals surface area contributed by atoms with Crippen LogP contribution in [0.3, 0.4) is 0 Å². The van der Waals surface area contributed by atoms with E-state index < -0.39 is 0 Å². The zero-order chi connectivity index (χ0) is 13.5. The molecule has 4 rings (SSSR count). The van der Waals surface area contributed by atoms with Crippen molar-refractivity contribution in [3.05, 3.63) is 23.5 Å². The van der Waals surface area contributed by atoms with Crippen LogP contribution in [0.4, 0.5) is 5.82 Å². The summed E-state index contributed by atoms with van der Waals surface area (Å²) >= 11 is 5.98. The number of fused-ring (bicyclic) bond motifs is 2. The molecule has 2 aromatic rings. The van der Waals surface area contributed by atoms with E-state index in [1.54, 1.807) is 0 Å². The molecular formula is C15H18ClN3O. The Labute approximate surface area is 123 Å². The van der Waals surface area contributed by atoms with Crippen LogP contribution in [0, 0.1) is 0 Å². The SMILES string of the molecule is Clc1cc2ccnc(N3CCN4CCCC[C@H]4C3)c2o1. The number of aromatic nitrogens is 1. The third-order valence-electron chi connectivity index (χ3n) is 4.52. The monoisotopic (exact) mass is 291 g/mol. The van der Waals surface area contributed by atoms with E-state index in [2.05, 4.69) is 14.8 Å². The molecule has 106 valence electrons. The zero-order valence-electron chi connectivity index (χ0n) is 11.4. The van der Waals surface area contributed by atoms with E-state index in [-0.39, 0.29) is 0 Å². The number of nitrogens with zero attached hydrogens (tertiary/aromatic N) is 3. The Morgan fingerprint density at radius 3 is 3.15 bits per heavy atom. The number of piperazine rings is 1. The molecule has 4 heterocycles. The number of halogens is 1. The summed E-state index contributed by atoms with van der Waals surface area (Å²) in [6, 6.07) is 4.48. The highest BCUT2D eigenvalue weighted by Crippen LogP contribution is 2.32. The van der Waals surface area contributed by atoms with E-state index in [1.165, 1.54) is 25.8 Å². The largest absolute Gasteiger partial charge is 0.441 e. The lowest BCUT2D eigenvalue weighted by molar-refractivity contribution is 0.133. The van der Waals surface area contributed by atoms with Crippen molar-refractivity contribution in [2.24, 2.45) is 0 Å². The van der Waals surface area contributed by atoms with E-state index in [0.717, 1.165) is 36.4 Å². The third-order valence-corrected chi connectivity index (χ3v) is 4.71. The van der Waals surface area contributed by atoms with Crippen molar-refractivity contribution in [3.8, 4) is 0 Å². The summed E-state index contributed by atoms with van der Waals surface area (Å²) in [5.74, 6) is 0.944. The lowest BCUT2D eigenvalue weighted by atomic mass is 9.99. The van der Waals surface area contributed by atoms with Gasteiger partial charge in [-0.2, -0.15) is 0 Å². The fourth-order valence-electron chi connectivity index (χ4n) is 3.49. The van der Waals surface area contributed by atoms with Gasteiger partial charge in [0.15, 0.2) is 16.6 Å². The van der Waals surface area contributed by atoms with Gasteiger partial charge in [0.25, 0.3) is 0 Å². The van der Waals surface area contributed by atoms with E-state index in [0.29, 0.717) is 11.3 Å². The molecule has 0 amide bonds. The normalized spacial score (nSPS) is 24.1. The number of rotatable bonds is 1. The maximum Gasteiger partial charge on any atom is 0.194 e. The maximum absolute atomic E-state index is 5.98. The Kier molecular flexibility index (Phi) is 3.08. The highest BCUT2D eigenvalue weighted by Gasteiger charge is 2.30. The molecule has 0 aromatic carbocycles. The molecular weight excluding hydrogens is 274 g/mol. The topological polar surface area (TPSA) is 32.5 Å². The summed E-state index contributed by atoms with van der Waals surface area (Å²) in [4.78, 5) is 9.51. The molecule has 2 aromatic heterocycles. The van der Waals surface area contributed by atoms with Crippen molar-refractivity contribution in [3.63, 3.8) is 0 Å². The summed E-state index contributed by atoms with van der Waals surface area (Å²) in [6.45, 7) is 4.44. The number of hydrogen-bond acceptors (Lipinski definition) is 4. The number of furan rings is 1. The van der Waals surface area contributed by atoms with Crippen molar-refractivity contribution >= 4 is 28.4 Å². The van der Waals surface area contributed by atoms with Crippen LogP contribution in [0.1, 0.15) is 19.3 Å².